The van der Waals surface area contributed by atoms with Crippen molar-refractivity contribution in [3.05, 3.63) is 36.5 Å². The summed E-state index contributed by atoms with van der Waals surface area (Å²) in [6.07, 6.45) is 5.26. The van der Waals surface area contributed by atoms with Gasteiger partial charge in [0.15, 0.2) is 0 Å². The van der Waals surface area contributed by atoms with E-state index in [4.69, 9.17) is 0 Å². The van der Waals surface area contributed by atoms with Crippen LogP contribution in [-0.2, 0) is 0 Å². The maximum absolute atomic E-state index is 3.89. The van der Waals surface area contributed by atoms with Crippen LogP contribution in [0, 0.1) is 5.92 Å². The molecule has 0 unspecified atom stereocenters. The lowest BCUT2D eigenvalue weighted by molar-refractivity contribution is 0.865. The smallest absolute Gasteiger partial charge is 0.00539 e. The lowest BCUT2D eigenvalue weighted by Gasteiger charge is -2.03. The summed E-state index contributed by atoms with van der Waals surface area (Å²) in [6, 6.07) is 0. The average Bonchev–Trinajstić information content (AvgIpc) is 2.16. The van der Waals surface area contributed by atoms with Crippen LogP contribution < -0.4 is 0 Å². The Morgan fingerprint density at radius 1 is 1.31 bits per heavy atom. The van der Waals surface area contributed by atoms with Crippen molar-refractivity contribution in [1.82, 2.24) is 0 Å². The zero-order chi connectivity index (χ0) is 10.9. The van der Waals surface area contributed by atoms with Gasteiger partial charge in [0.1, 0.15) is 0 Å². The zero-order valence-electron chi connectivity index (χ0n) is 9.85. The first-order valence-corrected chi connectivity index (χ1v) is 5.09. The van der Waals surface area contributed by atoms with E-state index in [1.165, 1.54) is 11.1 Å². The van der Waals surface area contributed by atoms with Gasteiger partial charge in [0.2, 0.25) is 0 Å². The Morgan fingerprint density at radius 3 is 2.08 bits per heavy atom. The summed E-state index contributed by atoms with van der Waals surface area (Å²) in [5, 5.41) is 0. The number of rotatable bonds is 4. The fourth-order valence-electron chi connectivity index (χ4n) is 0.563. The Balaban J connectivity index is 0. The molecule has 0 saturated heterocycles. The SMILES string of the molecule is C=C(/C=C\[C@@H](C)C(=C)C)CC.CC. The van der Waals surface area contributed by atoms with Gasteiger partial charge in [0.05, 0.1) is 0 Å². The van der Waals surface area contributed by atoms with Crippen LogP contribution in [0.3, 0.4) is 0 Å². The molecule has 13 heavy (non-hydrogen) atoms. The van der Waals surface area contributed by atoms with E-state index in [0.717, 1.165) is 6.42 Å². The maximum atomic E-state index is 3.89. The number of allylic oxidation sites excluding steroid dienone is 4. The zero-order valence-corrected chi connectivity index (χ0v) is 9.85. The van der Waals surface area contributed by atoms with E-state index in [0.29, 0.717) is 5.92 Å². The van der Waals surface area contributed by atoms with Gasteiger partial charge in [0.25, 0.3) is 0 Å². The highest BCUT2D eigenvalue weighted by atomic mass is 14.0. The molecule has 0 aliphatic carbocycles. The van der Waals surface area contributed by atoms with E-state index < -0.39 is 0 Å². The van der Waals surface area contributed by atoms with E-state index in [9.17, 15) is 0 Å². The summed E-state index contributed by atoms with van der Waals surface area (Å²) >= 11 is 0. The Hall–Kier alpha value is -0.780. The number of hydrogen-bond donors (Lipinski definition) is 0. The minimum Gasteiger partial charge on any atom is -0.0996 e. The van der Waals surface area contributed by atoms with E-state index in [1.807, 2.05) is 20.8 Å². The molecule has 0 amide bonds. The van der Waals surface area contributed by atoms with Gasteiger partial charge in [-0.15, -0.1) is 0 Å². The predicted molar refractivity (Wildman–Crippen MR) is 63.9 cm³/mol. The Bertz CT molecular complexity index is 172. The molecule has 0 N–H and O–H groups in total. The van der Waals surface area contributed by atoms with Gasteiger partial charge in [-0.05, 0) is 19.3 Å². The predicted octanol–water partition coefficient (Wildman–Crippen LogP) is 4.75. The fourth-order valence-corrected chi connectivity index (χ4v) is 0.563. The van der Waals surface area contributed by atoms with Crippen LogP contribution >= 0.6 is 0 Å². The highest BCUT2D eigenvalue weighted by Gasteiger charge is 1.94. The summed E-state index contributed by atoms with van der Waals surface area (Å²) in [5.74, 6) is 0.471. The molecule has 76 valence electrons. The third kappa shape index (κ3) is 9.13. The Kier molecular flexibility index (Phi) is 10.5. The average molecular weight is 180 g/mol. The molecule has 0 spiro atoms. The highest BCUT2D eigenvalue weighted by molar-refractivity contribution is 5.17. The summed E-state index contributed by atoms with van der Waals surface area (Å²) in [4.78, 5) is 0. The van der Waals surface area contributed by atoms with Crippen LogP contribution in [0.1, 0.15) is 41.0 Å². The van der Waals surface area contributed by atoms with Gasteiger partial charge in [-0.25, -0.2) is 0 Å². The van der Waals surface area contributed by atoms with Crippen molar-refractivity contribution in [2.75, 3.05) is 0 Å². The van der Waals surface area contributed by atoms with Gasteiger partial charge in [-0.3, -0.25) is 0 Å². The van der Waals surface area contributed by atoms with E-state index >= 15 is 0 Å². The molecule has 0 aliphatic heterocycles. The second-order valence-electron chi connectivity index (χ2n) is 3.01. The molecule has 0 radical (unpaired) electrons. The number of hydrogen-bond acceptors (Lipinski definition) is 0. The van der Waals surface area contributed by atoms with Gasteiger partial charge in [-0.1, -0.05) is 64.2 Å². The van der Waals surface area contributed by atoms with Crippen molar-refractivity contribution in [3.8, 4) is 0 Å². The van der Waals surface area contributed by atoms with Gasteiger partial charge >= 0.3 is 0 Å². The monoisotopic (exact) mass is 180 g/mol. The van der Waals surface area contributed by atoms with E-state index in [2.05, 4.69) is 39.2 Å². The molecule has 0 nitrogen and oxygen atoms in total. The molecule has 1 atom stereocenters. The molecule has 0 aromatic rings. The lowest BCUT2D eigenvalue weighted by Crippen LogP contribution is -1.88. The molecule has 0 rings (SSSR count). The molecule has 0 fully saturated rings. The lowest BCUT2D eigenvalue weighted by atomic mass is 10.0. The van der Waals surface area contributed by atoms with Crippen LogP contribution in [0.2, 0.25) is 0 Å². The first-order valence-electron chi connectivity index (χ1n) is 5.09. The molecule has 0 saturated carbocycles. The van der Waals surface area contributed by atoms with Crippen LogP contribution in [0.25, 0.3) is 0 Å². The van der Waals surface area contributed by atoms with Crippen molar-refractivity contribution in [1.29, 1.82) is 0 Å². The summed E-state index contributed by atoms with van der Waals surface area (Å²) in [6.45, 7) is 18.1. The van der Waals surface area contributed by atoms with Crippen molar-refractivity contribution in [3.63, 3.8) is 0 Å². The van der Waals surface area contributed by atoms with Crippen LogP contribution in [-0.4, -0.2) is 0 Å². The Morgan fingerprint density at radius 2 is 1.77 bits per heavy atom. The van der Waals surface area contributed by atoms with Crippen molar-refractivity contribution in [2.24, 2.45) is 5.92 Å². The first kappa shape index (κ1) is 14.7. The largest absolute Gasteiger partial charge is 0.0996 e. The molecular weight excluding hydrogens is 156 g/mol. The minimum absolute atomic E-state index is 0.471. The summed E-state index contributed by atoms with van der Waals surface area (Å²) in [7, 11) is 0. The molecule has 0 heteroatoms. The van der Waals surface area contributed by atoms with Crippen LogP contribution in [0.5, 0.6) is 0 Å². The van der Waals surface area contributed by atoms with E-state index in [-0.39, 0.29) is 0 Å². The van der Waals surface area contributed by atoms with Gasteiger partial charge in [0, 0.05) is 0 Å². The molecule has 0 bridgehead atoms. The van der Waals surface area contributed by atoms with Crippen molar-refractivity contribution < 1.29 is 0 Å². The fraction of sp³-hybridized carbons (Fsp3) is 0.538. The maximum Gasteiger partial charge on any atom is -0.00539 e. The highest BCUT2D eigenvalue weighted by Crippen LogP contribution is 2.10. The quantitative estimate of drug-likeness (QED) is 0.433. The van der Waals surface area contributed by atoms with Crippen molar-refractivity contribution in [2.45, 2.75) is 41.0 Å². The summed E-state index contributed by atoms with van der Waals surface area (Å²) < 4.78 is 0. The van der Waals surface area contributed by atoms with Crippen LogP contribution in [0.4, 0.5) is 0 Å². The molecule has 0 aromatic heterocycles. The molecule has 0 aromatic carbocycles. The third-order valence-corrected chi connectivity index (χ3v) is 1.85. The van der Waals surface area contributed by atoms with Crippen LogP contribution in [0.15, 0.2) is 36.5 Å². The van der Waals surface area contributed by atoms with Crippen molar-refractivity contribution >= 4 is 0 Å². The standard InChI is InChI=1S/C11H18.C2H6/c1-6-10(4)7-8-11(5)9(2)3;1-2/h7-8,11H,2,4,6H2,1,3,5H3;1-2H3/b8-7-;/t11-;/m1./s1. The Labute approximate surface area is 84.1 Å². The minimum atomic E-state index is 0.471. The van der Waals surface area contributed by atoms with Gasteiger partial charge in [-0.2, -0.15) is 0 Å². The first-order chi connectivity index (χ1) is 6.07. The molecular formula is C13H24. The second kappa shape index (κ2) is 9.31. The second-order valence-corrected chi connectivity index (χ2v) is 3.01. The van der Waals surface area contributed by atoms with Gasteiger partial charge < -0.3 is 0 Å². The molecule has 0 heterocycles. The third-order valence-electron chi connectivity index (χ3n) is 1.85. The normalized spacial score (nSPS) is 11.8. The summed E-state index contributed by atoms with van der Waals surface area (Å²) in [5.41, 5.74) is 2.38. The molecule has 0 aliphatic rings. The topological polar surface area (TPSA) is 0 Å². The van der Waals surface area contributed by atoms with E-state index in [1.54, 1.807) is 0 Å².